The molecule has 4 rings (SSSR count). The van der Waals surface area contributed by atoms with E-state index in [1.54, 1.807) is 14.2 Å². The molecule has 8 nitrogen and oxygen atoms in total. The number of anilines is 2. The highest BCUT2D eigenvalue weighted by Crippen LogP contribution is 2.45. The summed E-state index contributed by atoms with van der Waals surface area (Å²) in [6.45, 7) is 2.15. The predicted molar refractivity (Wildman–Crippen MR) is 103 cm³/mol. The summed E-state index contributed by atoms with van der Waals surface area (Å²) < 4.78 is 17.3. The zero-order valence-corrected chi connectivity index (χ0v) is 16.1. The fourth-order valence-corrected chi connectivity index (χ4v) is 4.09. The lowest BCUT2D eigenvalue weighted by atomic mass is 9.79. The monoisotopic (exact) mass is 381 g/mol. The molecule has 0 saturated carbocycles. The van der Waals surface area contributed by atoms with E-state index in [9.17, 15) is 0 Å². The van der Waals surface area contributed by atoms with Crippen LogP contribution < -0.4 is 20.1 Å². The average molecular weight is 381 g/mol. The van der Waals surface area contributed by atoms with Gasteiger partial charge in [-0.15, -0.1) is 0 Å². The summed E-state index contributed by atoms with van der Waals surface area (Å²) in [7, 11) is 3.30. The number of ether oxygens (including phenoxy) is 3. The van der Waals surface area contributed by atoms with Gasteiger partial charge in [0.2, 0.25) is 5.95 Å². The molecule has 1 saturated heterocycles. The second kappa shape index (κ2) is 7.17. The van der Waals surface area contributed by atoms with Crippen LogP contribution in [-0.4, -0.2) is 43.9 Å². The lowest BCUT2D eigenvalue weighted by molar-refractivity contribution is -0.0769. The molecule has 8 heteroatoms. The first-order valence-electron chi connectivity index (χ1n) is 9.27. The van der Waals surface area contributed by atoms with Crippen molar-refractivity contribution in [2.45, 2.75) is 24.9 Å². The van der Waals surface area contributed by atoms with Crippen molar-refractivity contribution in [3.63, 3.8) is 0 Å². The Kier molecular flexibility index (Phi) is 4.69. The van der Waals surface area contributed by atoms with E-state index in [0.717, 1.165) is 43.9 Å². The zero-order valence-electron chi connectivity index (χ0n) is 16.1. The molecule has 2 N–H and O–H groups in total. The molecule has 0 unspecified atom stereocenters. The van der Waals surface area contributed by atoms with E-state index in [1.165, 1.54) is 17.3 Å². The Bertz CT molecular complexity index is 932. The second-order valence-electron chi connectivity index (χ2n) is 7.02. The minimum absolute atomic E-state index is 0.212. The fraction of sp³-hybridized carbons (Fsp3) is 0.450. The van der Waals surface area contributed by atoms with Crippen molar-refractivity contribution in [2.75, 3.05) is 44.5 Å². The lowest BCUT2D eigenvalue weighted by Gasteiger charge is -2.45. The average Bonchev–Trinajstić information content (AvgIpc) is 2.73. The molecule has 1 spiro atoms. The molecule has 1 aromatic carbocycles. The van der Waals surface area contributed by atoms with Gasteiger partial charge in [-0.3, -0.25) is 0 Å². The van der Waals surface area contributed by atoms with Crippen molar-refractivity contribution in [3.8, 4) is 17.6 Å². The Morgan fingerprint density at radius 1 is 1.21 bits per heavy atom. The Balaban J connectivity index is 1.60. The maximum absolute atomic E-state index is 9.00. The summed E-state index contributed by atoms with van der Waals surface area (Å²) in [6.07, 6.45) is 3.94. The van der Waals surface area contributed by atoms with E-state index in [1.807, 2.05) is 6.07 Å². The molecule has 146 valence electrons. The van der Waals surface area contributed by atoms with E-state index in [2.05, 4.69) is 27.0 Å². The van der Waals surface area contributed by atoms with E-state index < -0.39 is 0 Å². The van der Waals surface area contributed by atoms with Gasteiger partial charge in [-0.1, -0.05) is 0 Å². The summed E-state index contributed by atoms with van der Waals surface area (Å²) in [5.41, 5.74) is 8.22. The maximum atomic E-state index is 9.00. The first kappa shape index (κ1) is 18.3. The molecule has 3 heterocycles. The molecule has 28 heavy (non-hydrogen) atoms. The number of hydrogen-bond acceptors (Lipinski definition) is 8. The molecular formula is C20H23N5O3. The summed E-state index contributed by atoms with van der Waals surface area (Å²) in [5.74, 6) is 2.23. The number of benzene rings is 1. The Morgan fingerprint density at radius 2 is 1.93 bits per heavy atom. The first-order chi connectivity index (χ1) is 13.6. The van der Waals surface area contributed by atoms with Gasteiger partial charge in [0.1, 0.15) is 17.5 Å². The number of rotatable bonds is 3. The van der Waals surface area contributed by atoms with Gasteiger partial charge in [0.15, 0.2) is 11.5 Å². The van der Waals surface area contributed by atoms with Crippen LogP contribution in [0.3, 0.4) is 0 Å². The van der Waals surface area contributed by atoms with Gasteiger partial charge in [-0.05, 0) is 42.5 Å². The molecular weight excluding hydrogens is 358 g/mol. The summed E-state index contributed by atoms with van der Waals surface area (Å²) >= 11 is 0. The van der Waals surface area contributed by atoms with Crippen LogP contribution >= 0.6 is 0 Å². The highest BCUT2D eigenvalue weighted by Gasteiger charge is 2.42. The molecule has 1 aromatic heterocycles. The highest BCUT2D eigenvalue weighted by atomic mass is 16.5. The van der Waals surface area contributed by atoms with Crippen LogP contribution in [0, 0.1) is 11.3 Å². The Morgan fingerprint density at radius 3 is 2.57 bits per heavy atom. The van der Waals surface area contributed by atoms with Crippen LogP contribution in [0.15, 0.2) is 18.3 Å². The third-order valence-electron chi connectivity index (χ3n) is 5.63. The zero-order chi connectivity index (χ0) is 19.7. The van der Waals surface area contributed by atoms with Gasteiger partial charge >= 0.3 is 0 Å². The Hall–Kier alpha value is -3.05. The number of nitrogens with zero attached hydrogens (tertiary/aromatic N) is 4. The van der Waals surface area contributed by atoms with Crippen molar-refractivity contribution in [3.05, 3.63) is 35.0 Å². The number of nitriles is 1. The third kappa shape index (κ3) is 2.98. The number of hydrogen-bond donors (Lipinski definition) is 1. The van der Waals surface area contributed by atoms with Gasteiger partial charge in [-0.2, -0.15) is 10.2 Å². The smallest absolute Gasteiger partial charge is 0.227 e. The van der Waals surface area contributed by atoms with Crippen molar-refractivity contribution in [1.82, 2.24) is 9.97 Å². The molecule has 0 radical (unpaired) electrons. The van der Waals surface area contributed by atoms with Crippen LogP contribution in [0.25, 0.3) is 0 Å². The Labute approximate surface area is 163 Å². The van der Waals surface area contributed by atoms with Crippen molar-refractivity contribution in [1.29, 1.82) is 5.26 Å². The first-order valence-corrected chi connectivity index (χ1v) is 9.27. The molecule has 0 aliphatic carbocycles. The number of piperidine rings is 1. The lowest BCUT2D eigenvalue weighted by Crippen LogP contribution is -2.47. The molecule has 2 aliphatic rings. The second-order valence-corrected chi connectivity index (χ2v) is 7.02. The number of aromatic nitrogens is 2. The fourth-order valence-electron chi connectivity index (χ4n) is 4.09. The van der Waals surface area contributed by atoms with Gasteiger partial charge in [0.05, 0.1) is 32.6 Å². The van der Waals surface area contributed by atoms with E-state index in [4.69, 9.17) is 25.2 Å². The molecule has 0 atom stereocenters. The number of nitrogens with two attached hydrogens (primary N) is 1. The molecule has 1 fully saturated rings. The third-order valence-corrected chi connectivity index (χ3v) is 5.63. The number of methoxy groups -OCH3 is 2. The van der Waals surface area contributed by atoms with Crippen molar-refractivity contribution in [2.24, 2.45) is 0 Å². The van der Waals surface area contributed by atoms with Crippen LogP contribution in [0.4, 0.5) is 11.8 Å². The quantitative estimate of drug-likeness (QED) is 0.860. The number of nitrogen functional groups attached to an aromatic ring is 1. The van der Waals surface area contributed by atoms with Gasteiger partial charge in [0, 0.05) is 13.1 Å². The predicted octanol–water partition coefficient (Wildman–Crippen LogP) is 2.02. The van der Waals surface area contributed by atoms with Crippen molar-refractivity contribution < 1.29 is 14.2 Å². The van der Waals surface area contributed by atoms with Crippen molar-refractivity contribution >= 4 is 11.8 Å². The van der Waals surface area contributed by atoms with Crippen LogP contribution in [-0.2, 0) is 16.8 Å². The minimum atomic E-state index is -0.345. The minimum Gasteiger partial charge on any atom is -0.493 e. The standard InChI is InChI=1S/C20H23N5O3/c1-26-16-9-13-3-8-28-20(15(13)10-17(16)27-2)4-6-25(7-5-20)19-23-12-14(11-21)18(22)24-19/h9-10,12H,3-8H2,1-2H3,(H2,22,23,24). The largest absolute Gasteiger partial charge is 0.493 e. The topological polar surface area (TPSA) is 107 Å². The normalized spacial score (nSPS) is 17.7. The van der Waals surface area contributed by atoms with Gasteiger partial charge in [0.25, 0.3) is 0 Å². The van der Waals surface area contributed by atoms with Gasteiger partial charge in [-0.25, -0.2) is 4.98 Å². The molecule has 2 aromatic rings. The highest BCUT2D eigenvalue weighted by molar-refractivity contribution is 5.52. The van der Waals surface area contributed by atoms with Crippen LogP contribution in [0.5, 0.6) is 11.5 Å². The molecule has 2 aliphatic heterocycles. The number of fused-ring (bicyclic) bond motifs is 2. The maximum Gasteiger partial charge on any atom is 0.227 e. The van der Waals surface area contributed by atoms with E-state index in [-0.39, 0.29) is 11.4 Å². The van der Waals surface area contributed by atoms with E-state index in [0.29, 0.717) is 18.1 Å². The van der Waals surface area contributed by atoms with E-state index >= 15 is 0 Å². The molecule has 0 bridgehead atoms. The van der Waals surface area contributed by atoms with Gasteiger partial charge < -0.3 is 24.8 Å². The summed E-state index contributed by atoms with van der Waals surface area (Å²) in [4.78, 5) is 10.7. The molecule has 0 amide bonds. The van der Waals surface area contributed by atoms with Crippen LogP contribution in [0.2, 0.25) is 0 Å². The SMILES string of the molecule is COc1cc2c(cc1OC)C1(CCN(c3ncc(C#N)c(N)n3)CC1)OCC2. The summed E-state index contributed by atoms with van der Waals surface area (Å²) in [5, 5.41) is 9.00. The summed E-state index contributed by atoms with van der Waals surface area (Å²) in [6, 6.07) is 6.11. The van der Waals surface area contributed by atoms with Crippen LogP contribution in [0.1, 0.15) is 29.5 Å².